The molecule has 0 bridgehead atoms. The Labute approximate surface area is 235 Å². The molecule has 0 radical (unpaired) electrons. The Kier molecular flexibility index (Phi) is 7.85. The third kappa shape index (κ3) is 5.13. The first-order valence-electron chi connectivity index (χ1n) is 12.3. The number of benzene rings is 4. The van der Waals surface area contributed by atoms with Crippen LogP contribution in [0.3, 0.4) is 0 Å². The van der Waals surface area contributed by atoms with Crippen molar-refractivity contribution in [2.24, 2.45) is 0 Å². The molecule has 7 rings (SSSR count). The van der Waals surface area contributed by atoms with Gasteiger partial charge in [0, 0.05) is 11.1 Å². The van der Waals surface area contributed by atoms with E-state index in [1.807, 2.05) is 54.2 Å². The Morgan fingerprint density at radius 3 is 2.59 bits per heavy atom. The quantitative estimate of drug-likeness (QED) is 0.143. The number of rotatable bonds is 4. The summed E-state index contributed by atoms with van der Waals surface area (Å²) in [5.41, 5.74) is 5.66. The monoisotopic (exact) mass is 676 g/mol. The van der Waals surface area contributed by atoms with Gasteiger partial charge in [-0.05, 0) is 23.9 Å². The van der Waals surface area contributed by atoms with E-state index in [4.69, 9.17) is 0 Å². The Balaban J connectivity index is 0.000000183. The molecule has 6 aromatic rings. The minimum absolute atomic E-state index is 0. The molecule has 5 heteroatoms. The Bertz CT molecular complexity index is 1610. The van der Waals surface area contributed by atoms with Crippen LogP contribution in [0.25, 0.3) is 38.8 Å². The summed E-state index contributed by atoms with van der Waals surface area (Å²) in [5.74, 6) is 0. The maximum absolute atomic E-state index is 4.22. The van der Waals surface area contributed by atoms with Gasteiger partial charge in [0.05, 0.1) is 17.6 Å². The second kappa shape index (κ2) is 11.4. The molecule has 1 aliphatic heterocycles. The number of pyridine rings is 1. The van der Waals surface area contributed by atoms with Gasteiger partial charge in [0.15, 0.2) is 0 Å². The third-order valence-electron chi connectivity index (χ3n) is 6.28. The molecule has 182 valence electrons. The minimum Gasteiger partial charge on any atom is -0.334 e. The molecule has 0 atom stereocenters. The zero-order valence-electron chi connectivity index (χ0n) is 20.4. The molecule has 0 N–H and O–H groups in total. The van der Waals surface area contributed by atoms with Crippen molar-refractivity contribution < 1.29 is 24.7 Å². The van der Waals surface area contributed by atoms with Crippen LogP contribution in [0, 0.1) is 18.5 Å². The number of fused-ring (bicyclic) bond motifs is 3. The molecule has 3 heterocycles. The van der Waals surface area contributed by atoms with E-state index in [1.165, 1.54) is 39.1 Å². The van der Waals surface area contributed by atoms with Crippen LogP contribution in [0.2, 0.25) is 0 Å². The fourth-order valence-electron chi connectivity index (χ4n) is 4.48. The van der Waals surface area contributed by atoms with Crippen LogP contribution >= 0.6 is 11.8 Å². The van der Waals surface area contributed by atoms with Crippen LogP contribution in [-0.2, 0) is 26.7 Å². The van der Waals surface area contributed by atoms with Gasteiger partial charge >= 0.3 is 20.1 Å². The van der Waals surface area contributed by atoms with E-state index in [9.17, 15) is 0 Å². The minimum atomic E-state index is 0. The van der Waals surface area contributed by atoms with E-state index in [1.54, 1.807) is 6.20 Å². The Hall–Kier alpha value is -3.24. The molecule has 2 aromatic heterocycles. The van der Waals surface area contributed by atoms with Crippen LogP contribution in [0.5, 0.6) is 0 Å². The number of imidazole rings is 1. The van der Waals surface area contributed by atoms with Crippen LogP contribution in [-0.4, -0.2) is 9.55 Å². The zero-order chi connectivity index (χ0) is 24.3. The zero-order valence-corrected chi connectivity index (χ0v) is 23.7. The predicted molar refractivity (Wildman–Crippen MR) is 146 cm³/mol. The van der Waals surface area contributed by atoms with Crippen LogP contribution < -0.4 is 4.57 Å². The topological polar surface area (TPSA) is 21.7 Å². The number of aryl methyl sites for hydroxylation is 1. The van der Waals surface area contributed by atoms with Gasteiger partial charge in [-0.15, -0.1) is 70.9 Å². The van der Waals surface area contributed by atoms with Crippen molar-refractivity contribution in [3.05, 3.63) is 116 Å². The van der Waals surface area contributed by atoms with Gasteiger partial charge in [-0.1, -0.05) is 60.7 Å². The predicted octanol–water partition coefficient (Wildman–Crippen LogP) is 7.48. The van der Waals surface area contributed by atoms with Crippen molar-refractivity contribution >= 4 is 33.6 Å². The van der Waals surface area contributed by atoms with Crippen molar-refractivity contribution in [2.75, 3.05) is 0 Å². The first-order chi connectivity index (χ1) is 17.8. The smallest absolute Gasteiger partial charge is 0.334 e. The average Bonchev–Trinajstić information content (AvgIpc) is 3.32. The molecular weight excluding hydrogens is 651 g/mol. The second-order valence-electron chi connectivity index (χ2n) is 8.73. The molecular formula is C32H25IrN3S+. The average molecular weight is 676 g/mol. The standard InChI is InChI=1S/C21H17N2S.C11H8N.Ir/c1-2-3-11-22-14-23-18-12-15-7-4-5-8-16(15)13-20(18)24-19-10-6-9-17(22)21(19)23;1-2-6-10(7-3-1)11-8-4-5-9-12-11;/h4-10,13H,2-3,11H2,1H3;1-6,8-9H;/q2*-1;+3. The van der Waals surface area contributed by atoms with Crippen LogP contribution in [0.15, 0.2) is 107 Å². The van der Waals surface area contributed by atoms with Crippen molar-refractivity contribution in [1.82, 2.24) is 9.55 Å². The van der Waals surface area contributed by atoms with E-state index in [-0.39, 0.29) is 20.1 Å². The maximum atomic E-state index is 4.22. The normalized spacial score (nSPS) is 11.4. The number of unbranched alkanes of at least 4 members (excludes halogenated alkanes) is 1. The van der Waals surface area contributed by atoms with E-state index in [0.29, 0.717) is 0 Å². The van der Waals surface area contributed by atoms with E-state index in [2.05, 4.69) is 88.0 Å². The summed E-state index contributed by atoms with van der Waals surface area (Å²) in [6, 6.07) is 37.7. The Morgan fingerprint density at radius 1 is 0.919 bits per heavy atom. The number of hydrogen-bond donors (Lipinski definition) is 0. The SMILES string of the molecule is CCCCn1[c-][n+]2c3c(cccc31)Sc1cc3ccccc3[c-]c1-2.[Ir+3].[c-]1ccccc1-c1ccccn1. The molecule has 1 aliphatic rings. The van der Waals surface area contributed by atoms with Crippen molar-refractivity contribution in [3.8, 4) is 16.9 Å². The van der Waals surface area contributed by atoms with Gasteiger partial charge in [-0.2, -0.15) is 11.8 Å². The molecule has 0 saturated heterocycles. The summed E-state index contributed by atoms with van der Waals surface area (Å²) < 4.78 is 4.47. The first-order valence-corrected chi connectivity index (χ1v) is 13.1. The summed E-state index contributed by atoms with van der Waals surface area (Å²) in [5, 5.41) is 2.40. The molecule has 3 nitrogen and oxygen atoms in total. The van der Waals surface area contributed by atoms with Crippen LogP contribution in [0.4, 0.5) is 0 Å². The molecule has 0 aliphatic carbocycles. The van der Waals surface area contributed by atoms with E-state index in [0.717, 1.165) is 28.9 Å². The van der Waals surface area contributed by atoms with Gasteiger partial charge in [0.25, 0.3) is 0 Å². The van der Waals surface area contributed by atoms with E-state index >= 15 is 0 Å². The number of aromatic nitrogens is 3. The molecule has 0 amide bonds. The van der Waals surface area contributed by atoms with Gasteiger partial charge in [0.2, 0.25) is 6.33 Å². The fraction of sp³-hybridized carbons (Fsp3) is 0.125. The molecule has 37 heavy (non-hydrogen) atoms. The third-order valence-corrected chi connectivity index (χ3v) is 7.36. The van der Waals surface area contributed by atoms with Crippen LogP contribution in [0.1, 0.15) is 19.8 Å². The van der Waals surface area contributed by atoms with Gasteiger partial charge in [0.1, 0.15) is 0 Å². The van der Waals surface area contributed by atoms with Gasteiger partial charge in [-0.3, -0.25) is 0 Å². The van der Waals surface area contributed by atoms with Crippen molar-refractivity contribution in [1.29, 1.82) is 0 Å². The summed E-state index contributed by atoms with van der Waals surface area (Å²) in [4.78, 5) is 6.77. The second-order valence-corrected chi connectivity index (χ2v) is 9.81. The number of para-hydroxylation sites is 1. The van der Waals surface area contributed by atoms with Gasteiger partial charge in [-0.25, -0.2) is 0 Å². The Morgan fingerprint density at radius 2 is 1.78 bits per heavy atom. The summed E-state index contributed by atoms with van der Waals surface area (Å²) in [7, 11) is 0. The number of hydrogen-bond acceptors (Lipinski definition) is 2. The number of nitrogens with zero attached hydrogens (tertiary/aromatic N) is 3. The summed E-state index contributed by atoms with van der Waals surface area (Å²) in [6.07, 6.45) is 7.73. The van der Waals surface area contributed by atoms with Crippen molar-refractivity contribution in [3.63, 3.8) is 0 Å². The fourth-order valence-corrected chi connectivity index (χ4v) is 5.58. The first kappa shape index (κ1) is 25.4. The molecule has 0 fully saturated rings. The molecule has 0 saturated carbocycles. The maximum Gasteiger partial charge on any atom is 3.00 e. The summed E-state index contributed by atoms with van der Waals surface area (Å²) in [6.45, 7) is 3.24. The van der Waals surface area contributed by atoms with E-state index < -0.39 is 0 Å². The largest absolute Gasteiger partial charge is 3.00 e. The molecule has 0 unspecified atom stereocenters. The molecule has 0 spiro atoms. The van der Waals surface area contributed by atoms with Gasteiger partial charge < -0.3 is 14.1 Å². The summed E-state index contributed by atoms with van der Waals surface area (Å²) >= 11 is 1.84. The molecule has 4 aromatic carbocycles. The van der Waals surface area contributed by atoms with Crippen molar-refractivity contribution in [2.45, 2.75) is 36.1 Å².